The molecule has 3 aromatic heterocycles. The van der Waals surface area contributed by atoms with Crippen LogP contribution in [0, 0.1) is 12.7 Å². The van der Waals surface area contributed by atoms with Crippen LogP contribution in [0.1, 0.15) is 5.56 Å². The van der Waals surface area contributed by atoms with Gasteiger partial charge in [0.25, 0.3) is 0 Å². The molecular formula is C21H14BrFN6O. The number of hydrogen-bond acceptors (Lipinski definition) is 6. The Balaban J connectivity index is 1.46. The summed E-state index contributed by atoms with van der Waals surface area (Å²) in [4.78, 5) is 12.6. The third kappa shape index (κ3) is 3.33. The molecule has 0 radical (unpaired) electrons. The lowest BCUT2D eigenvalue weighted by atomic mass is 10.1. The molecule has 0 saturated heterocycles. The van der Waals surface area contributed by atoms with Crippen molar-refractivity contribution >= 4 is 44.0 Å². The number of pyridine rings is 1. The van der Waals surface area contributed by atoms with E-state index in [0.717, 1.165) is 15.4 Å². The van der Waals surface area contributed by atoms with Crippen molar-refractivity contribution in [2.45, 2.75) is 6.92 Å². The molecule has 3 heterocycles. The lowest BCUT2D eigenvalue weighted by Crippen LogP contribution is -2.01. The minimum absolute atomic E-state index is 0.299. The Kier molecular flexibility index (Phi) is 4.51. The number of hydrogen-bond donors (Lipinski definition) is 1. The summed E-state index contributed by atoms with van der Waals surface area (Å²) in [6.45, 7) is 1.67. The van der Waals surface area contributed by atoms with Crippen LogP contribution in [-0.4, -0.2) is 24.6 Å². The van der Waals surface area contributed by atoms with Gasteiger partial charge in [-0.05, 0) is 43.3 Å². The monoisotopic (exact) mass is 464 g/mol. The Bertz CT molecular complexity index is 1400. The first-order valence-corrected chi connectivity index (χ1v) is 9.81. The number of rotatable bonds is 4. The maximum atomic E-state index is 15.1. The number of aromatic nitrogens is 5. The van der Waals surface area contributed by atoms with E-state index in [2.05, 4.69) is 41.3 Å². The molecule has 5 rings (SSSR count). The van der Waals surface area contributed by atoms with Gasteiger partial charge in [0.15, 0.2) is 11.5 Å². The molecule has 7 nitrogen and oxygen atoms in total. The molecule has 0 bridgehead atoms. The third-order valence-electron chi connectivity index (χ3n) is 4.67. The second-order valence-electron chi connectivity index (χ2n) is 6.59. The fraction of sp³-hybridized carbons (Fsp3) is 0.0476. The number of benzene rings is 2. The van der Waals surface area contributed by atoms with Crippen LogP contribution < -0.4 is 10.1 Å². The van der Waals surface area contributed by atoms with Crippen molar-refractivity contribution < 1.29 is 9.13 Å². The Morgan fingerprint density at radius 1 is 1.03 bits per heavy atom. The molecule has 0 aliphatic rings. The number of fused-ring (bicyclic) bond motifs is 2. The average Bonchev–Trinajstić information content (AvgIpc) is 3.22. The number of nitrogens with one attached hydrogen (secondary N) is 1. The van der Waals surface area contributed by atoms with Gasteiger partial charge < -0.3 is 10.1 Å². The highest BCUT2D eigenvalue weighted by Crippen LogP contribution is 2.33. The highest BCUT2D eigenvalue weighted by atomic mass is 79.9. The van der Waals surface area contributed by atoms with Gasteiger partial charge in [-0.3, -0.25) is 0 Å². The first kappa shape index (κ1) is 18.4. The van der Waals surface area contributed by atoms with Crippen LogP contribution in [0.3, 0.4) is 0 Å². The number of anilines is 2. The summed E-state index contributed by atoms with van der Waals surface area (Å²) in [7, 11) is 0. The fourth-order valence-electron chi connectivity index (χ4n) is 3.12. The molecule has 30 heavy (non-hydrogen) atoms. The van der Waals surface area contributed by atoms with Crippen molar-refractivity contribution in [1.82, 2.24) is 24.6 Å². The van der Waals surface area contributed by atoms with E-state index in [9.17, 15) is 0 Å². The van der Waals surface area contributed by atoms with Crippen LogP contribution in [-0.2, 0) is 0 Å². The quantitative estimate of drug-likeness (QED) is 0.382. The van der Waals surface area contributed by atoms with E-state index >= 15 is 4.39 Å². The molecule has 0 amide bonds. The van der Waals surface area contributed by atoms with Crippen LogP contribution in [0.4, 0.5) is 15.9 Å². The minimum atomic E-state index is -0.419. The molecule has 2 aromatic carbocycles. The summed E-state index contributed by atoms with van der Waals surface area (Å²) in [5.41, 5.74) is 2.08. The van der Waals surface area contributed by atoms with Gasteiger partial charge in [0.05, 0.1) is 11.2 Å². The van der Waals surface area contributed by atoms with Crippen LogP contribution in [0.2, 0.25) is 0 Å². The summed E-state index contributed by atoms with van der Waals surface area (Å²) in [5, 5.41) is 7.90. The van der Waals surface area contributed by atoms with Crippen LogP contribution in [0.5, 0.6) is 11.5 Å². The van der Waals surface area contributed by atoms with E-state index in [1.165, 1.54) is 12.7 Å². The van der Waals surface area contributed by atoms with Gasteiger partial charge in [0, 0.05) is 27.7 Å². The zero-order valence-electron chi connectivity index (χ0n) is 15.7. The van der Waals surface area contributed by atoms with Crippen molar-refractivity contribution in [3.05, 3.63) is 77.2 Å². The van der Waals surface area contributed by atoms with Gasteiger partial charge in [0.1, 0.15) is 30.0 Å². The predicted molar refractivity (Wildman–Crippen MR) is 115 cm³/mol. The number of nitrogens with zero attached hydrogens (tertiary/aromatic N) is 5. The fourth-order valence-corrected chi connectivity index (χ4v) is 3.48. The number of halogens is 2. The van der Waals surface area contributed by atoms with Gasteiger partial charge in [0.2, 0.25) is 0 Å². The summed E-state index contributed by atoms with van der Waals surface area (Å²) < 4.78 is 23.5. The molecule has 0 saturated carbocycles. The summed E-state index contributed by atoms with van der Waals surface area (Å²) >= 11 is 3.45. The Morgan fingerprint density at radius 3 is 2.83 bits per heavy atom. The highest BCUT2D eigenvalue weighted by molar-refractivity contribution is 9.10. The summed E-state index contributed by atoms with van der Waals surface area (Å²) in [6, 6.07) is 12.5. The minimum Gasteiger partial charge on any atom is -0.457 e. The normalized spacial score (nSPS) is 11.2. The lowest BCUT2D eigenvalue weighted by molar-refractivity contribution is 0.471. The molecule has 148 valence electrons. The van der Waals surface area contributed by atoms with Gasteiger partial charge in [-0.25, -0.2) is 23.9 Å². The maximum absolute atomic E-state index is 15.1. The topological polar surface area (TPSA) is 77.2 Å². The van der Waals surface area contributed by atoms with Crippen LogP contribution >= 0.6 is 15.9 Å². The second kappa shape index (κ2) is 7.34. The zero-order chi connectivity index (χ0) is 20.7. The van der Waals surface area contributed by atoms with Gasteiger partial charge in [-0.1, -0.05) is 15.9 Å². The first-order chi connectivity index (χ1) is 14.6. The summed E-state index contributed by atoms with van der Waals surface area (Å²) in [6.07, 6.45) is 4.64. The molecular weight excluding hydrogens is 451 g/mol. The lowest BCUT2D eigenvalue weighted by Gasteiger charge is -2.14. The average molecular weight is 465 g/mol. The van der Waals surface area contributed by atoms with Crippen molar-refractivity contribution in [2.75, 3.05) is 5.32 Å². The Labute approximate surface area is 178 Å². The second-order valence-corrected chi connectivity index (χ2v) is 7.50. The van der Waals surface area contributed by atoms with Crippen LogP contribution in [0.15, 0.2) is 65.8 Å². The molecule has 0 unspecified atom stereocenters. The molecule has 0 fully saturated rings. The van der Waals surface area contributed by atoms with E-state index in [1.807, 2.05) is 18.2 Å². The predicted octanol–water partition coefficient (Wildman–Crippen LogP) is 5.42. The van der Waals surface area contributed by atoms with Crippen molar-refractivity contribution in [1.29, 1.82) is 0 Å². The molecule has 5 aromatic rings. The van der Waals surface area contributed by atoms with Gasteiger partial charge in [-0.2, -0.15) is 5.10 Å². The van der Waals surface area contributed by atoms with Gasteiger partial charge >= 0.3 is 0 Å². The van der Waals surface area contributed by atoms with Crippen molar-refractivity contribution in [2.24, 2.45) is 0 Å². The van der Waals surface area contributed by atoms with E-state index < -0.39 is 5.82 Å². The van der Waals surface area contributed by atoms with Gasteiger partial charge in [-0.15, -0.1) is 0 Å². The molecule has 0 atom stereocenters. The van der Waals surface area contributed by atoms with E-state index in [-0.39, 0.29) is 0 Å². The molecule has 0 aliphatic carbocycles. The van der Waals surface area contributed by atoms with Crippen molar-refractivity contribution in [3.8, 4) is 11.5 Å². The van der Waals surface area contributed by atoms with E-state index in [4.69, 9.17) is 4.74 Å². The maximum Gasteiger partial charge on any atom is 0.158 e. The standard InChI is InChI=1S/C21H14BrFN6O/c1-12-18(30-14-6-7-29-19(9-14)25-11-27-29)5-4-17(20(12)23)28-21-15-8-13(22)2-3-16(15)24-10-26-21/h2-11H,1H3,(H,24,26,28). The van der Waals surface area contributed by atoms with Crippen LogP contribution in [0.25, 0.3) is 16.6 Å². The largest absolute Gasteiger partial charge is 0.457 e. The highest BCUT2D eigenvalue weighted by Gasteiger charge is 2.14. The van der Waals surface area contributed by atoms with E-state index in [1.54, 1.807) is 41.9 Å². The molecule has 9 heteroatoms. The molecule has 1 N–H and O–H groups in total. The third-order valence-corrected chi connectivity index (χ3v) is 5.16. The summed E-state index contributed by atoms with van der Waals surface area (Å²) in [5.74, 6) is 1.06. The molecule has 0 spiro atoms. The Morgan fingerprint density at radius 2 is 1.93 bits per heavy atom. The van der Waals surface area contributed by atoms with E-state index in [0.29, 0.717) is 34.2 Å². The zero-order valence-corrected chi connectivity index (χ0v) is 17.3. The Hall–Kier alpha value is -3.59. The van der Waals surface area contributed by atoms with Crippen molar-refractivity contribution in [3.63, 3.8) is 0 Å². The smallest absolute Gasteiger partial charge is 0.158 e. The molecule has 0 aliphatic heterocycles. The SMILES string of the molecule is Cc1c(Oc2ccn3ncnc3c2)ccc(Nc2ncnc3ccc(Br)cc23)c1F. The first-order valence-electron chi connectivity index (χ1n) is 9.02. The number of ether oxygens (including phenoxy) is 1.